The molecule has 1 aromatic carbocycles. The molecule has 1 aromatic rings. The molecule has 0 aliphatic carbocycles. The van der Waals surface area contributed by atoms with Gasteiger partial charge >= 0.3 is 0 Å². The molecule has 2 unspecified atom stereocenters. The zero-order valence-electron chi connectivity index (χ0n) is 14.0. The van der Waals surface area contributed by atoms with Crippen molar-refractivity contribution in [2.24, 2.45) is 0 Å². The van der Waals surface area contributed by atoms with E-state index >= 15 is 0 Å². The van der Waals surface area contributed by atoms with Crippen LogP contribution in [0.2, 0.25) is 0 Å². The number of likely N-dealkylation sites (N-methyl/N-ethyl adjacent to an activating group) is 1. The summed E-state index contributed by atoms with van der Waals surface area (Å²) in [4.78, 5) is 16.1. The van der Waals surface area contributed by atoms with Gasteiger partial charge in [0.15, 0.2) is 6.10 Å². The molecule has 126 valence electrons. The van der Waals surface area contributed by atoms with Crippen LogP contribution >= 0.6 is 0 Å². The van der Waals surface area contributed by atoms with Crippen molar-refractivity contribution < 1.29 is 14.6 Å². The predicted molar refractivity (Wildman–Crippen MR) is 89.8 cm³/mol. The van der Waals surface area contributed by atoms with Gasteiger partial charge in [-0.2, -0.15) is 0 Å². The molecule has 5 nitrogen and oxygen atoms in total. The van der Waals surface area contributed by atoms with E-state index in [9.17, 15) is 9.90 Å². The van der Waals surface area contributed by atoms with E-state index in [-0.39, 0.29) is 5.91 Å². The highest BCUT2D eigenvalue weighted by molar-refractivity contribution is 5.99. The third kappa shape index (κ3) is 3.51. The smallest absolute Gasteiger partial charge is 0.267 e. The standard InChI is InChI=1S/C18H26N2O3/c1-13-18(22)19(2)15-12-14(6-7-17(15)23-13)16(21)8-11-20-9-4-3-5-10-20/h6-7,12-13,16,21H,3-5,8-11H2,1-2H3. The van der Waals surface area contributed by atoms with Gasteiger partial charge in [-0.15, -0.1) is 0 Å². The second-order valence-corrected chi connectivity index (χ2v) is 6.59. The quantitative estimate of drug-likeness (QED) is 0.926. The van der Waals surface area contributed by atoms with E-state index in [2.05, 4.69) is 4.90 Å². The lowest BCUT2D eigenvalue weighted by Gasteiger charge is -2.31. The predicted octanol–water partition coefficient (Wildman–Crippen LogP) is 2.34. The van der Waals surface area contributed by atoms with E-state index in [0.717, 1.165) is 30.9 Å². The van der Waals surface area contributed by atoms with Crippen molar-refractivity contribution in [3.05, 3.63) is 23.8 Å². The normalized spacial score (nSPS) is 23.3. The molecule has 23 heavy (non-hydrogen) atoms. The molecule has 0 spiro atoms. The van der Waals surface area contributed by atoms with Crippen LogP contribution in [0.5, 0.6) is 5.75 Å². The minimum atomic E-state index is -0.509. The molecule has 3 rings (SSSR count). The van der Waals surface area contributed by atoms with Gasteiger partial charge in [0.25, 0.3) is 5.91 Å². The molecule has 2 atom stereocenters. The first-order valence-corrected chi connectivity index (χ1v) is 8.55. The fourth-order valence-corrected chi connectivity index (χ4v) is 3.39. The fourth-order valence-electron chi connectivity index (χ4n) is 3.39. The number of aliphatic hydroxyl groups is 1. The Morgan fingerprint density at radius 1 is 1.30 bits per heavy atom. The molecule has 5 heteroatoms. The summed E-state index contributed by atoms with van der Waals surface area (Å²) in [5.74, 6) is 0.643. The third-order valence-corrected chi connectivity index (χ3v) is 4.88. The number of rotatable bonds is 4. The number of aliphatic hydroxyl groups excluding tert-OH is 1. The minimum Gasteiger partial charge on any atom is -0.479 e. The molecule has 2 heterocycles. The summed E-state index contributed by atoms with van der Waals surface area (Å²) >= 11 is 0. The molecule has 2 aliphatic rings. The Balaban J connectivity index is 1.67. The number of ether oxygens (including phenoxy) is 1. The zero-order valence-corrected chi connectivity index (χ0v) is 14.0. The Hall–Kier alpha value is -1.59. The molecular formula is C18H26N2O3. The highest BCUT2D eigenvalue weighted by Gasteiger charge is 2.29. The number of nitrogens with zero attached hydrogens (tertiary/aromatic N) is 2. The van der Waals surface area contributed by atoms with Gasteiger partial charge in [-0.05, 0) is 57.0 Å². The van der Waals surface area contributed by atoms with E-state index in [1.54, 1.807) is 18.9 Å². The second-order valence-electron chi connectivity index (χ2n) is 6.59. The van der Waals surface area contributed by atoms with Gasteiger partial charge in [0.1, 0.15) is 5.75 Å². The summed E-state index contributed by atoms with van der Waals surface area (Å²) in [6.07, 6.45) is 3.60. The van der Waals surface area contributed by atoms with Crippen molar-refractivity contribution in [2.75, 3.05) is 31.6 Å². The van der Waals surface area contributed by atoms with E-state index in [1.165, 1.54) is 19.3 Å². The van der Waals surface area contributed by atoms with E-state index < -0.39 is 12.2 Å². The molecule has 0 saturated carbocycles. The van der Waals surface area contributed by atoms with Crippen molar-refractivity contribution in [1.82, 2.24) is 4.90 Å². The van der Waals surface area contributed by atoms with Crippen molar-refractivity contribution in [3.63, 3.8) is 0 Å². The summed E-state index contributed by atoms with van der Waals surface area (Å²) in [7, 11) is 1.75. The van der Waals surface area contributed by atoms with Crippen LogP contribution < -0.4 is 9.64 Å². The van der Waals surface area contributed by atoms with Gasteiger partial charge in [-0.3, -0.25) is 4.79 Å². The first-order valence-electron chi connectivity index (χ1n) is 8.55. The number of carbonyl (C=O) groups excluding carboxylic acids is 1. The van der Waals surface area contributed by atoms with Crippen LogP contribution in [0.1, 0.15) is 44.3 Å². The average molecular weight is 318 g/mol. The Morgan fingerprint density at radius 3 is 2.78 bits per heavy atom. The van der Waals surface area contributed by atoms with Gasteiger partial charge in [-0.25, -0.2) is 0 Å². The van der Waals surface area contributed by atoms with Gasteiger partial charge in [0.05, 0.1) is 11.8 Å². The maximum atomic E-state index is 12.0. The number of hydrogen-bond donors (Lipinski definition) is 1. The number of carbonyl (C=O) groups is 1. The molecule has 0 bridgehead atoms. The first-order chi connectivity index (χ1) is 11.1. The zero-order chi connectivity index (χ0) is 16.4. The van der Waals surface area contributed by atoms with Crippen LogP contribution in [0, 0.1) is 0 Å². The highest BCUT2D eigenvalue weighted by atomic mass is 16.5. The topological polar surface area (TPSA) is 53.0 Å². The molecule has 1 saturated heterocycles. The maximum Gasteiger partial charge on any atom is 0.267 e. The molecule has 2 aliphatic heterocycles. The largest absolute Gasteiger partial charge is 0.479 e. The Morgan fingerprint density at radius 2 is 2.04 bits per heavy atom. The molecule has 1 N–H and O–H groups in total. The molecule has 1 amide bonds. The van der Waals surface area contributed by atoms with E-state index in [4.69, 9.17) is 4.74 Å². The Bertz CT molecular complexity index is 569. The molecule has 0 radical (unpaired) electrons. The SMILES string of the molecule is CC1Oc2ccc(C(O)CCN3CCCCC3)cc2N(C)C1=O. The van der Waals surface area contributed by atoms with Crippen LogP contribution in [0.25, 0.3) is 0 Å². The fraction of sp³-hybridized carbons (Fsp3) is 0.611. The molecule has 0 aromatic heterocycles. The van der Waals surface area contributed by atoms with Gasteiger partial charge in [0.2, 0.25) is 0 Å². The number of amides is 1. The lowest BCUT2D eigenvalue weighted by atomic mass is 10.0. The average Bonchev–Trinajstić information content (AvgIpc) is 2.58. The summed E-state index contributed by atoms with van der Waals surface area (Å²) < 4.78 is 5.62. The third-order valence-electron chi connectivity index (χ3n) is 4.88. The van der Waals surface area contributed by atoms with Crippen molar-refractivity contribution in [1.29, 1.82) is 0 Å². The van der Waals surface area contributed by atoms with E-state index in [1.807, 2.05) is 18.2 Å². The maximum absolute atomic E-state index is 12.0. The lowest BCUT2D eigenvalue weighted by molar-refractivity contribution is -0.125. The van der Waals surface area contributed by atoms with Gasteiger partial charge < -0.3 is 19.6 Å². The van der Waals surface area contributed by atoms with Gasteiger partial charge in [-0.1, -0.05) is 12.5 Å². The number of piperidine rings is 1. The summed E-state index contributed by atoms with van der Waals surface area (Å²) in [5, 5.41) is 10.5. The van der Waals surface area contributed by atoms with Crippen molar-refractivity contribution >= 4 is 11.6 Å². The summed E-state index contributed by atoms with van der Waals surface area (Å²) in [6, 6.07) is 5.63. The minimum absolute atomic E-state index is 0.0579. The first kappa shape index (κ1) is 16.3. The second kappa shape index (κ2) is 6.89. The van der Waals surface area contributed by atoms with Crippen LogP contribution in [-0.4, -0.2) is 48.7 Å². The Kier molecular flexibility index (Phi) is 4.87. The summed E-state index contributed by atoms with van der Waals surface area (Å²) in [6.45, 7) is 4.95. The number of likely N-dealkylation sites (tertiary alicyclic amines) is 1. The highest BCUT2D eigenvalue weighted by Crippen LogP contribution is 2.35. The van der Waals surface area contributed by atoms with Crippen LogP contribution in [0.15, 0.2) is 18.2 Å². The monoisotopic (exact) mass is 318 g/mol. The van der Waals surface area contributed by atoms with Crippen LogP contribution in [-0.2, 0) is 4.79 Å². The number of fused-ring (bicyclic) bond motifs is 1. The Labute approximate surface area is 137 Å². The van der Waals surface area contributed by atoms with Gasteiger partial charge in [0, 0.05) is 13.6 Å². The molecular weight excluding hydrogens is 292 g/mol. The number of benzene rings is 1. The summed E-state index contributed by atoms with van der Waals surface area (Å²) in [5.41, 5.74) is 1.58. The van der Waals surface area contributed by atoms with Crippen molar-refractivity contribution in [2.45, 2.75) is 44.8 Å². The number of anilines is 1. The van der Waals surface area contributed by atoms with Crippen LogP contribution in [0.3, 0.4) is 0 Å². The van der Waals surface area contributed by atoms with Crippen molar-refractivity contribution in [3.8, 4) is 5.75 Å². The van der Waals surface area contributed by atoms with Crippen LogP contribution in [0.4, 0.5) is 5.69 Å². The number of hydrogen-bond acceptors (Lipinski definition) is 4. The molecule has 1 fully saturated rings. The lowest BCUT2D eigenvalue weighted by Crippen LogP contribution is -2.42. The van der Waals surface area contributed by atoms with E-state index in [0.29, 0.717) is 12.2 Å².